The highest BCUT2D eigenvalue weighted by molar-refractivity contribution is 5.77. The van der Waals surface area contributed by atoms with E-state index in [1.54, 1.807) is 0 Å². The van der Waals surface area contributed by atoms with Crippen molar-refractivity contribution >= 4 is 5.91 Å². The van der Waals surface area contributed by atoms with E-state index >= 15 is 0 Å². The van der Waals surface area contributed by atoms with Crippen molar-refractivity contribution in [1.82, 2.24) is 15.6 Å². The highest BCUT2D eigenvalue weighted by atomic mass is 16.5. The van der Waals surface area contributed by atoms with E-state index in [0.29, 0.717) is 25.5 Å². The zero-order valence-electron chi connectivity index (χ0n) is 13.9. The van der Waals surface area contributed by atoms with Crippen LogP contribution in [0.2, 0.25) is 0 Å². The van der Waals surface area contributed by atoms with Gasteiger partial charge in [-0.05, 0) is 25.0 Å². The molecular formula is C19H23N3O2. The normalized spacial score (nSPS) is 20.5. The standard InChI is InChI=1S/C19H23N3O2/c1-2-24-18-10-6-9-15(21-18)13-20-16-11-12-17(23)22-19(16)14-7-4-3-5-8-14/h3-10,16,19-20H,2,11-13H2,1H3,(H,22,23)/t16-,19+/m1/s1. The van der Waals surface area contributed by atoms with Crippen LogP contribution in [0.3, 0.4) is 0 Å². The molecule has 1 fully saturated rings. The average molecular weight is 325 g/mol. The number of nitrogens with zero attached hydrogens (tertiary/aromatic N) is 1. The number of carbonyl (C=O) groups is 1. The van der Waals surface area contributed by atoms with E-state index < -0.39 is 0 Å². The fourth-order valence-electron chi connectivity index (χ4n) is 3.02. The smallest absolute Gasteiger partial charge is 0.220 e. The van der Waals surface area contributed by atoms with Crippen molar-refractivity contribution < 1.29 is 9.53 Å². The van der Waals surface area contributed by atoms with Crippen LogP contribution >= 0.6 is 0 Å². The van der Waals surface area contributed by atoms with Crippen LogP contribution in [0.1, 0.15) is 37.1 Å². The van der Waals surface area contributed by atoms with Gasteiger partial charge in [-0.2, -0.15) is 0 Å². The number of hydrogen-bond acceptors (Lipinski definition) is 4. The third kappa shape index (κ3) is 4.11. The Kier molecular flexibility index (Phi) is 5.43. The quantitative estimate of drug-likeness (QED) is 0.857. The average Bonchev–Trinajstić information content (AvgIpc) is 2.62. The van der Waals surface area contributed by atoms with Crippen LogP contribution in [0.4, 0.5) is 0 Å². The van der Waals surface area contributed by atoms with Gasteiger partial charge in [0.1, 0.15) is 0 Å². The lowest BCUT2D eigenvalue weighted by Gasteiger charge is -2.33. The molecule has 0 spiro atoms. The lowest BCUT2D eigenvalue weighted by molar-refractivity contribution is -0.123. The summed E-state index contributed by atoms with van der Waals surface area (Å²) in [5, 5.41) is 6.65. The molecule has 1 aromatic carbocycles. The van der Waals surface area contributed by atoms with Gasteiger partial charge in [0, 0.05) is 25.1 Å². The fourth-order valence-corrected chi connectivity index (χ4v) is 3.02. The van der Waals surface area contributed by atoms with Crippen molar-refractivity contribution in [3.63, 3.8) is 0 Å². The molecule has 2 N–H and O–H groups in total. The summed E-state index contributed by atoms with van der Waals surface area (Å²) in [6.07, 6.45) is 1.37. The van der Waals surface area contributed by atoms with Crippen molar-refractivity contribution in [3.05, 3.63) is 59.8 Å². The van der Waals surface area contributed by atoms with Gasteiger partial charge in [0.15, 0.2) is 0 Å². The van der Waals surface area contributed by atoms with Crippen LogP contribution < -0.4 is 15.4 Å². The van der Waals surface area contributed by atoms with E-state index in [4.69, 9.17) is 4.74 Å². The van der Waals surface area contributed by atoms with E-state index in [1.807, 2.05) is 43.3 Å². The van der Waals surface area contributed by atoms with Gasteiger partial charge in [-0.3, -0.25) is 4.79 Å². The second-order valence-electron chi connectivity index (χ2n) is 5.88. The molecule has 1 amide bonds. The Morgan fingerprint density at radius 1 is 1.21 bits per heavy atom. The molecule has 24 heavy (non-hydrogen) atoms. The molecule has 2 atom stereocenters. The molecular weight excluding hydrogens is 302 g/mol. The van der Waals surface area contributed by atoms with Crippen molar-refractivity contribution in [2.45, 2.75) is 38.4 Å². The van der Waals surface area contributed by atoms with Crippen molar-refractivity contribution in [2.75, 3.05) is 6.61 Å². The topological polar surface area (TPSA) is 63.2 Å². The molecule has 3 rings (SSSR count). The Hall–Kier alpha value is -2.40. The predicted octanol–water partition coefficient (Wildman–Crippen LogP) is 2.59. The molecule has 1 aliphatic heterocycles. The summed E-state index contributed by atoms with van der Waals surface area (Å²) in [4.78, 5) is 16.3. The molecule has 0 radical (unpaired) electrons. The van der Waals surface area contributed by atoms with Crippen LogP contribution in [0.5, 0.6) is 5.88 Å². The third-order valence-electron chi connectivity index (χ3n) is 4.18. The second-order valence-corrected chi connectivity index (χ2v) is 5.88. The molecule has 1 saturated heterocycles. The number of aromatic nitrogens is 1. The summed E-state index contributed by atoms with van der Waals surface area (Å²) in [5.41, 5.74) is 2.06. The zero-order chi connectivity index (χ0) is 16.8. The number of benzene rings is 1. The number of pyridine rings is 1. The number of amides is 1. The first-order chi connectivity index (χ1) is 11.8. The number of ether oxygens (including phenoxy) is 1. The molecule has 5 heteroatoms. The van der Waals surface area contributed by atoms with Crippen LogP contribution in [-0.4, -0.2) is 23.5 Å². The first-order valence-corrected chi connectivity index (χ1v) is 8.42. The van der Waals surface area contributed by atoms with E-state index in [1.165, 1.54) is 0 Å². The first kappa shape index (κ1) is 16.5. The van der Waals surface area contributed by atoms with Crippen LogP contribution in [0, 0.1) is 0 Å². The minimum Gasteiger partial charge on any atom is -0.478 e. The van der Waals surface area contributed by atoms with Gasteiger partial charge in [-0.25, -0.2) is 4.98 Å². The zero-order valence-corrected chi connectivity index (χ0v) is 13.9. The van der Waals surface area contributed by atoms with E-state index in [0.717, 1.165) is 17.7 Å². The molecule has 2 aromatic rings. The second kappa shape index (κ2) is 7.93. The Balaban J connectivity index is 1.68. The van der Waals surface area contributed by atoms with Gasteiger partial charge >= 0.3 is 0 Å². The van der Waals surface area contributed by atoms with Gasteiger partial charge in [0.05, 0.1) is 18.3 Å². The number of piperidine rings is 1. The highest BCUT2D eigenvalue weighted by Gasteiger charge is 2.29. The molecule has 126 valence electrons. The summed E-state index contributed by atoms with van der Waals surface area (Å²) in [5.74, 6) is 0.756. The maximum atomic E-state index is 11.8. The Labute approximate surface area is 142 Å². The van der Waals surface area contributed by atoms with Crippen LogP contribution in [0.25, 0.3) is 0 Å². The van der Waals surface area contributed by atoms with Gasteiger partial charge in [0.2, 0.25) is 11.8 Å². The molecule has 0 saturated carbocycles. The molecule has 1 aromatic heterocycles. The molecule has 0 unspecified atom stereocenters. The SMILES string of the molecule is CCOc1cccc(CN[C@@H]2CCC(=O)N[C@H]2c2ccccc2)n1. The summed E-state index contributed by atoms with van der Waals surface area (Å²) >= 11 is 0. The summed E-state index contributed by atoms with van der Waals surface area (Å²) in [7, 11) is 0. The largest absolute Gasteiger partial charge is 0.478 e. The van der Waals surface area contributed by atoms with Gasteiger partial charge < -0.3 is 15.4 Å². The van der Waals surface area contributed by atoms with Crippen LogP contribution in [0.15, 0.2) is 48.5 Å². The van der Waals surface area contributed by atoms with Crippen molar-refractivity contribution in [1.29, 1.82) is 0 Å². The first-order valence-electron chi connectivity index (χ1n) is 8.42. The summed E-state index contributed by atoms with van der Waals surface area (Å²) in [6, 6.07) is 16.1. The lowest BCUT2D eigenvalue weighted by atomic mass is 9.92. The maximum Gasteiger partial charge on any atom is 0.220 e. The molecule has 2 heterocycles. The lowest BCUT2D eigenvalue weighted by Crippen LogP contribution is -2.48. The third-order valence-corrected chi connectivity index (χ3v) is 4.18. The van der Waals surface area contributed by atoms with E-state index in [9.17, 15) is 4.79 Å². The number of carbonyl (C=O) groups excluding carboxylic acids is 1. The maximum absolute atomic E-state index is 11.8. The monoisotopic (exact) mass is 325 g/mol. The minimum atomic E-state index is -0.0116. The van der Waals surface area contributed by atoms with Gasteiger partial charge in [0.25, 0.3) is 0 Å². The molecule has 0 bridgehead atoms. The van der Waals surface area contributed by atoms with Crippen molar-refractivity contribution in [2.24, 2.45) is 0 Å². The Morgan fingerprint density at radius 3 is 2.83 bits per heavy atom. The number of hydrogen-bond donors (Lipinski definition) is 2. The van der Waals surface area contributed by atoms with E-state index in [2.05, 4.69) is 27.8 Å². The van der Waals surface area contributed by atoms with E-state index in [-0.39, 0.29) is 18.0 Å². The number of nitrogens with one attached hydrogen (secondary N) is 2. The minimum absolute atomic E-state index is 0.0116. The molecule has 0 aliphatic carbocycles. The highest BCUT2D eigenvalue weighted by Crippen LogP contribution is 2.24. The number of rotatable bonds is 6. The molecule has 5 nitrogen and oxygen atoms in total. The fraction of sp³-hybridized carbons (Fsp3) is 0.368. The summed E-state index contributed by atoms with van der Waals surface area (Å²) < 4.78 is 5.45. The van der Waals surface area contributed by atoms with Crippen molar-refractivity contribution in [3.8, 4) is 5.88 Å². The predicted molar refractivity (Wildman–Crippen MR) is 92.6 cm³/mol. The molecule has 1 aliphatic rings. The van der Waals surface area contributed by atoms with Gasteiger partial charge in [-0.15, -0.1) is 0 Å². The van der Waals surface area contributed by atoms with Crippen LogP contribution in [-0.2, 0) is 11.3 Å². The Morgan fingerprint density at radius 2 is 2.04 bits per heavy atom. The van der Waals surface area contributed by atoms with Gasteiger partial charge in [-0.1, -0.05) is 36.4 Å². The Bertz CT molecular complexity index is 675. The summed E-state index contributed by atoms with van der Waals surface area (Å²) in [6.45, 7) is 3.20.